The van der Waals surface area contributed by atoms with Gasteiger partial charge in [0, 0.05) is 18.0 Å². The van der Waals surface area contributed by atoms with Crippen LogP contribution in [0.1, 0.15) is 16.6 Å². The normalized spacial score (nSPS) is 10.3. The number of hydrogen-bond donors (Lipinski definition) is 3. The Labute approximate surface area is 136 Å². The number of carboxylic acid groups (broad SMARTS) is 1. The van der Waals surface area contributed by atoms with E-state index in [1.165, 1.54) is 11.3 Å². The molecule has 0 aliphatic heterocycles. The van der Waals surface area contributed by atoms with E-state index in [2.05, 4.69) is 10.6 Å². The summed E-state index contributed by atoms with van der Waals surface area (Å²) in [6.45, 7) is 2.28. The van der Waals surface area contributed by atoms with Gasteiger partial charge in [0.25, 0.3) is 0 Å². The summed E-state index contributed by atoms with van der Waals surface area (Å²) in [5.41, 5.74) is 1.68. The Balaban J connectivity index is 2.05. The summed E-state index contributed by atoms with van der Waals surface area (Å²) < 4.78 is 0. The first-order chi connectivity index (χ1) is 10.5. The fourth-order valence-electron chi connectivity index (χ4n) is 1.86. The summed E-state index contributed by atoms with van der Waals surface area (Å²) in [5.74, 6) is 0.0477. The molecule has 0 fully saturated rings. The molecule has 1 heterocycles. The zero-order chi connectivity index (χ0) is 16.1. The molecule has 22 heavy (non-hydrogen) atoms. The minimum atomic E-state index is -1.05. The van der Waals surface area contributed by atoms with Crippen LogP contribution in [0.5, 0.6) is 0 Å². The third-order valence-corrected chi connectivity index (χ3v) is 4.47. The van der Waals surface area contributed by atoms with Crippen LogP contribution in [0, 0.1) is 0 Å². The van der Waals surface area contributed by atoms with Gasteiger partial charge in [-0.2, -0.15) is 0 Å². The van der Waals surface area contributed by atoms with E-state index in [1.54, 1.807) is 13.0 Å². The lowest BCUT2D eigenvalue weighted by atomic mass is 10.1. The minimum absolute atomic E-state index is 0.0477. The highest BCUT2D eigenvalue weighted by Crippen LogP contribution is 2.33. The monoisotopic (exact) mass is 338 g/mol. The predicted octanol–water partition coefficient (Wildman–Crippen LogP) is 3.95. The number of carbonyl (C=O) groups is 2. The van der Waals surface area contributed by atoms with Gasteiger partial charge in [-0.1, -0.05) is 17.7 Å². The van der Waals surface area contributed by atoms with Crippen molar-refractivity contribution in [3.05, 3.63) is 40.2 Å². The van der Waals surface area contributed by atoms with E-state index < -0.39 is 6.09 Å². The van der Waals surface area contributed by atoms with Crippen LogP contribution in [-0.2, 0) is 0 Å². The second-order valence-corrected chi connectivity index (χ2v) is 6.06. The number of hydrogen-bond acceptors (Lipinski definition) is 4. The number of halogens is 1. The maximum Gasteiger partial charge on any atom is 0.404 e. The molecule has 1 amide bonds. The molecule has 3 N–H and O–H groups in total. The molecule has 0 atom stereocenters. The zero-order valence-electron chi connectivity index (χ0n) is 11.9. The summed E-state index contributed by atoms with van der Waals surface area (Å²) in [4.78, 5) is 23.4. The summed E-state index contributed by atoms with van der Waals surface area (Å²) in [6.07, 6.45) is -1.05. The Morgan fingerprint density at radius 2 is 2.00 bits per heavy atom. The van der Waals surface area contributed by atoms with Gasteiger partial charge >= 0.3 is 6.09 Å². The largest absolute Gasteiger partial charge is 0.465 e. The van der Waals surface area contributed by atoms with Gasteiger partial charge in [0.2, 0.25) is 0 Å². The van der Waals surface area contributed by atoms with Gasteiger partial charge in [-0.3, -0.25) is 4.79 Å². The van der Waals surface area contributed by atoms with Crippen molar-refractivity contribution in [3.8, 4) is 10.4 Å². The average Bonchev–Trinajstić information content (AvgIpc) is 2.94. The lowest BCUT2D eigenvalue weighted by molar-refractivity contribution is 0.102. The van der Waals surface area contributed by atoms with Crippen LogP contribution >= 0.6 is 22.9 Å². The van der Waals surface area contributed by atoms with Crippen molar-refractivity contribution in [2.24, 2.45) is 0 Å². The fraction of sp³-hybridized carbons (Fsp3) is 0.200. The number of amides is 1. The van der Waals surface area contributed by atoms with Crippen LogP contribution in [0.2, 0.25) is 5.02 Å². The number of Topliss-reactive ketones (excluding diaryl/α,β-unsaturated/α-hetero) is 1. The van der Waals surface area contributed by atoms with E-state index in [0.29, 0.717) is 23.0 Å². The molecule has 0 aliphatic carbocycles. The second-order valence-electron chi connectivity index (χ2n) is 4.57. The molecule has 0 aliphatic rings. The van der Waals surface area contributed by atoms with Gasteiger partial charge in [0.05, 0.1) is 15.6 Å². The van der Waals surface area contributed by atoms with Crippen LogP contribution in [0.15, 0.2) is 30.3 Å². The summed E-state index contributed by atoms with van der Waals surface area (Å²) in [5, 5.41) is 14.4. The molecule has 0 unspecified atom stereocenters. The second kappa shape index (κ2) is 7.29. The summed E-state index contributed by atoms with van der Waals surface area (Å²) >= 11 is 7.66. The van der Waals surface area contributed by atoms with E-state index in [-0.39, 0.29) is 5.78 Å². The first kappa shape index (κ1) is 16.3. The number of nitrogens with one attached hydrogen (secondary N) is 2. The molecular weight excluding hydrogens is 324 g/mol. The molecule has 0 saturated heterocycles. The molecule has 1 aromatic heterocycles. The molecule has 1 aromatic carbocycles. The van der Waals surface area contributed by atoms with Gasteiger partial charge < -0.3 is 15.7 Å². The van der Waals surface area contributed by atoms with Crippen molar-refractivity contribution in [1.82, 2.24) is 5.32 Å². The highest BCUT2D eigenvalue weighted by molar-refractivity contribution is 7.17. The summed E-state index contributed by atoms with van der Waals surface area (Å²) in [6, 6.07) is 9.28. The smallest absolute Gasteiger partial charge is 0.404 e. The zero-order valence-corrected chi connectivity index (χ0v) is 13.4. The van der Waals surface area contributed by atoms with Gasteiger partial charge in [-0.25, -0.2) is 4.79 Å². The fourth-order valence-corrected chi connectivity index (χ4v) is 3.01. The average molecular weight is 339 g/mol. The number of carbonyl (C=O) groups excluding carboxylic acids is 1. The molecule has 5 nitrogen and oxygen atoms in total. The maximum atomic E-state index is 11.3. The SMILES string of the molecule is CC(=O)c1ccc(-c2ccc(NCCNC(=O)O)c(Cl)c2)s1. The molecule has 7 heteroatoms. The molecule has 2 rings (SSSR count). The van der Waals surface area contributed by atoms with E-state index in [0.717, 1.165) is 16.1 Å². The molecule has 0 saturated carbocycles. The van der Waals surface area contributed by atoms with Crippen LogP contribution in [0.3, 0.4) is 0 Å². The first-order valence-electron chi connectivity index (χ1n) is 6.58. The Kier molecular flexibility index (Phi) is 5.41. The van der Waals surface area contributed by atoms with Crippen molar-refractivity contribution in [1.29, 1.82) is 0 Å². The third kappa shape index (κ3) is 4.22. The Hall–Kier alpha value is -2.05. The van der Waals surface area contributed by atoms with Gasteiger partial charge in [-0.15, -0.1) is 11.3 Å². The molecule has 0 spiro atoms. The first-order valence-corrected chi connectivity index (χ1v) is 7.78. The lowest BCUT2D eigenvalue weighted by Gasteiger charge is -2.09. The number of rotatable bonds is 6. The van der Waals surface area contributed by atoms with Crippen LogP contribution in [0.25, 0.3) is 10.4 Å². The number of thiophene rings is 1. The van der Waals surface area contributed by atoms with Gasteiger partial charge in [-0.05, 0) is 36.8 Å². The topological polar surface area (TPSA) is 78.4 Å². The van der Waals surface area contributed by atoms with Gasteiger partial charge in [0.1, 0.15) is 0 Å². The van der Waals surface area contributed by atoms with Crippen molar-refractivity contribution < 1.29 is 14.7 Å². The van der Waals surface area contributed by atoms with Crippen LogP contribution < -0.4 is 10.6 Å². The Bertz CT molecular complexity index is 700. The lowest BCUT2D eigenvalue weighted by Crippen LogP contribution is -2.26. The standard InChI is InChI=1S/C15H15ClN2O3S/c1-9(19)13-4-5-14(22-13)10-2-3-12(11(16)8-10)17-6-7-18-15(20)21/h2-5,8,17-18H,6-7H2,1H3,(H,20,21). The number of anilines is 1. The van der Waals surface area contributed by atoms with Crippen molar-refractivity contribution in [2.75, 3.05) is 18.4 Å². The van der Waals surface area contributed by atoms with E-state index in [1.807, 2.05) is 24.3 Å². The summed E-state index contributed by atoms with van der Waals surface area (Å²) in [7, 11) is 0. The molecule has 0 radical (unpaired) electrons. The highest BCUT2D eigenvalue weighted by atomic mass is 35.5. The highest BCUT2D eigenvalue weighted by Gasteiger charge is 2.08. The van der Waals surface area contributed by atoms with Gasteiger partial charge in [0.15, 0.2) is 5.78 Å². The maximum absolute atomic E-state index is 11.3. The number of ketones is 1. The quantitative estimate of drug-likeness (QED) is 0.550. The van der Waals surface area contributed by atoms with Crippen molar-refractivity contribution in [2.45, 2.75) is 6.92 Å². The Morgan fingerprint density at radius 3 is 2.59 bits per heavy atom. The van der Waals surface area contributed by atoms with E-state index in [9.17, 15) is 9.59 Å². The van der Waals surface area contributed by atoms with Crippen LogP contribution in [0.4, 0.5) is 10.5 Å². The molecular formula is C15H15ClN2O3S. The Morgan fingerprint density at radius 1 is 1.23 bits per heavy atom. The predicted molar refractivity (Wildman–Crippen MR) is 89.3 cm³/mol. The molecule has 116 valence electrons. The van der Waals surface area contributed by atoms with E-state index in [4.69, 9.17) is 16.7 Å². The number of benzene rings is 1. The third-order valence-electron chi connectivity index (χ3n) is 2.92. The van der Waals surface area contributed by atoms with E-state index >= 15 is 0 Å². The molecule has 2 aromatic rings. The van der Waals surface area contributed by atoms with Crippen molar-refractivity contribution in [3.63, 3.8) is 0 Å². The van der Waals surface area contributed by atoms with Crippen LogP contribution in [-0.4, -0.2) is 30.1 Å². The van der Waals surface area contributed by atoms with Crippen molar-refractivity contribution >= 4 is 40.5 Å². The molecule has 0 bridgehead atoms. The minimum Gasteiger partial charge on any atom is -0.465 e.